The van der Waals surface area contributed by atoms with Crippen LogP contribution in [0.3, 0.4) is 0 Å². The second-order valence-electron chi connectivity index (χ2n) is 4.53. The van der Waals surface area contributed by atoms with Crippen molar-refractivity contribution in [2.24, 2.45) is 4.99 Å². The monoisotopic (exact) mass is 268 g/mol. The van der Waals surface area contributed by atoms with Crippen molar-refractivity contribution in [2.75, 3.05) is 11.9 Å². The van der Waals surface area contributed by atoms with Gasteiger partial charge in [0.25, 0.3) is 0 Å². The topological polar surface area (TPSA) is 59.4 Å². The Morgan fingerprint density at radius 3 is 3.10 bits per heavy atom. The van der Waals surface area contributed by atoms with E-state index in [4.69, 9.17) is 4.74 Å². The lowest BCUT2D eigenvalue weighted by Crippen LogP contribution is -2.21. The van der Waals surface area contributed by atoms with Crippen LogP contribution in [0.5, 0.6) is 5.75 Å². The molecule has 0 spiro atoms. The second kappa shape index (κ2) is 5.69. The van der Waals surface area contributed by atoms with Crippen LogP contribution in [-0.4, -0.2) is 22.4 Å². The second-order valence-corrected chi connectivity index (χ2v) is 4.53. The smallest absolute Gasteiger partial charge is 0.140 e. The van der Waals surface area contributed by atoms with Gasteiger partial charge in [0.05, 0.1) is 18.7 Å². The number of hydrogen-bond donors (Lipinski definition) is 1. The van der Waals surface area contributed by atoms with E-state index in [-0.39, 0.29) is 0 Å². The minimum Gasteiger partial charge on any atom is -0.493 e. The van der Waals surface area contributed by atoms with E-state index in [0.29, 0.717) is 13.2 Å². The van der Waals surface area contributed by atoms with E-state index in [2.05, 4.69) is 27.2 Å². The molecule has 0 unspecified atom stereocenters. The summed E-state index contributed by atoms with van der Waals surface area (Å²) in [5.41, 5.74) is 1.97. The van der Waals surface area contributed by atoms with Gasteiger partial charge in [-0.2, -0.15) is 0 Å². The van der Waals surface area contributed by atoms with Crippen LogP contribution in [0.2, 0.25) is 0 Å². The molecule has 0 bridgehead atoms. The maximum Gasteiger partial charge on any atom is 0.140 e. The predicted octanol–water partition coefficient (Wildman–Crippen LogP) is 2.64. The van der Waals surface area contributed by atoms with Crippen molar-refractivity contribution >= 4 is 11.7 Å². The zero-order valence-corrected chi connectivity index (χ0v) is 11.3. The molecule has 1 aliphatic rings. The zero-order chi connectivity index (χ0) is 13.8. The van der Waals surface area contributed by atoms with Crippen LogP contribution in [0.4, 0.5) is 5.82 Å². The van der Waals surface area contributed by atoms with Gasteiger partial charge >= 0.3 is 0 Å². The average molecular weight is 268 g/mol. The largest absolute Gasteiger partial charge is 0.493 e. The van der Waals surface area contributed by atoms with E-state index in [0.717, 1.165) is 35.0 Å². The highest BCUT2D eigenvalue weighted by atomic mass is 16.5. The Labute approximate surface area is 117 Å². The summed E-state index contributed by atoms with van der Waals surface area (Å²) in [6.45, 7) is 3.37. The lowest BCUT2D eigenvalue weighted by atomic mass is 10.1. The quantitative estimate of drug-likeness (QED) is 0.926. The molecule has 1 aromatic carbocycles. The molecular formula is C15H16N4O. The maximum absolute atomic E-state index is 5.77. The molecule has 3 rings (SSSR count). The van der Waals surface area contributed by atoms with E-state index in [1.165, 1.54) is 6.33 Å². The highest BCUT2D eigenvalue weighted by Crippen LogP contribution is 2.24. The molecule has 0 saturated heterocycles. The molecule has 5 heteroatoms. The van der Waals surface area contributed by atoms with Gasteiger partial charge in [0.1, 0.15) is 23.7 Å². The molecule has 1 aliphatic heterocycles. The SMILES string of the molecule is CCCOc1ccccc1C1=NCc2cncnc2N1. The number of fused-ring (bicyclic) bond motifs is 1. The number of benzene rings is 1. The summed E-state index contributed by atoms with van der Waals surface area (Å²) in [5.74, 6) is 2.45. The summed E-state index contributed by atoms with van der Waals surface area (Å²) < 4.78 is 5.77. The molecule has 2 aromatic rings. The van der Waals surface area contributed by atoms with Crippen LogP contribution in [0, 0.1) is 0 Å². The molecule has 0 saturated carbocycles. The Kier molecular flexibility index (Phi) is 3.58. The Morgan fingerprint density at radius 2 is 2.20 bits per heavy atom. The third kappa shape index (κ3) is 2.47. The molecule has 0 aliphatic carbocycles. The number of rotatable bonds is 4. The number of nitrogens with one attached hydrogen (secondary N) is 1. The van der Waals surface area contributed by atoms with Crippen molar-refractivity contribution in [1.82, 2.24) is 9.97 Å². The van der Waals surface area contributed by atoms with Crippen LogP contribution in [0.15, 0.2) is 41.8 Å². The Hall–Kier alpha value is -2.43. The van der Waals surface area contributed by atoms with Gasteiger partial charge in [-0.15, -0.1) is 0 Å². The Bertz CT molecular complexity index is 639. The summed E-state index contributed by atoms with van der Waals surface area (Å²) in [6, 6.07) is 7.91. The molecule has 2 heterocycles. The van der Waals surface area contributed by atoms with Gasteiger partial charge in [-0.3, -0.25) is 4.99 Å². The number of amidine groups is 1. The first-order chi connectivity index (χ1) is 9.88. The highest BCUT2D eigenvalue weighted by Gasteiger charge is 2.16. The number of nitrogens with zero attached hydrogens (tertiary/aromatic N) is 3. The normalized spacial score (nSPS) is 13.2. The van der Waals surface area contributed by atoms with Crippen molar-refractivity contribution < 1.29 is 4.74 Å². The van der Waals surface area contributed by atoms with E-state index in [1.807, 2.05) is 24.3 Å². The van der Waals surface area contributed by atoms with Gasteiger partial charge in [0.2, 0.25) is 0 Å². The molecular weight excluding hydrogens is 252 g/mol. The molecule has 1 aromatic heterocycles. The Morgan fingerprint density at radius 1 is 1.30 bits per heavy atom. The standard InChI is InChI=1S/C15H16N4O/c1-2-7-20-13-6-4-3-5-12(13)15-17-9-11-8-16-10-18-14(11)19-15/h3-6,8,10H,2,7,9H2,1H3,(H,16,17,18,19). The molecule has 0 atom stereocenters. The summed E-state index contributed by atoms with van der Waals surface area (Å²) >= 11 is 0. The number of para-hydroxylation sites is 1. The molecule has 20 heavy (non-hydrogen) atoms. The predicted molar refractivity (Wildman–Crippen MR) is 78.1 cm³/mol. The third-order valence-electron chi connectivity index (χ3n) is 3.04. The number of ether oxygens (including phenoxy) is 1. The Balaban J connectivity index is 1.89. The summed E-state index contributed by atoms with van der Waals surface area (Å²) in [4.78, 5) is 12.8. The fraction of sp³-hybridized carbons (Fsp3) is 0.267. The number of aromatic nitrogens is 2. The van der Waals surface area contributed by atoms with Crippen LogP contribution < -0.4 is 10.1 Å². The fourth-order valence-electron chi connectivity index (χ4n) is 2.06. The molecule has 0 amide bonds. The van der Waals surface area contributed by atoms with Gasteiger partial charge in [0.15, 0.2) is 0 Å². The van der Waals surface area contributed by atoms with Crippen molar-refractivity contribution in [3.8, 4) is 5.75 Å². The van der Waals surface area contributed by atoms with Crippen molar-refractivity contribution in [3.63, 3.8) is 0 Å². The fourth-order valence-corrected chi connectivity index (χ4v) is 2.06. The maximum atomic E-state index is 5.77. The molecule has 0 fully saturated rings. The average Bonchev–Trinajstić information content (AvgIpc) is 2.53. The van der Waals surface area contributed by atoms with Gasteiger partial charge in [-0.25, -0.2) is 9.97 Å². The highest BCUT2D eigenvalue weighted by molar-refractivity contribution is 6.10. The lowest BCUT2D eigenvalue weighted by Gasteiger charge is -2.19. The summed E-state index contributed by atoms with van der Waals surface area (Å²) in [6.07, 6.45) is 4.30. The molecule has 102 valence electrons. The first kappa shape index (κ1) is 12.6. The van der Waals surface area contributed by atoms with Gasteiger partial charge in [-0.1, -0.05) is 19.1 Å². The van der Waals surface area contributed by atoms with E-state index in [9.17, 15) is 0 Å². The van der Waals surface area contributed by atoms with Gasteiger partial charge in [0, 0.05) is 11.8 Å². The van der Waals surface area contributed by atoms with E-state index < -0.39 is 0 Å². The number of anilines is 1. The number of aliphatic imine (C=N–C) groups is 1. The molecule has 0 radical (unpaired) electrons. The van der Waals surface area contributed by atoms with Crippen LogP contribution in [0.25, 0.3) is 0 Å². The minimum absolute atomic E-state index is 0.584. The molecule has 1 N–H and O–H groups in total. The summed E-state index contributed by atoms with van der Waals surface area (Å²) in [7, 11) is 0. The van der Waals surface area contributed by atoms with Crippen molar-refractivity contribution in [1.29, 1.82) is 0 Å². The lowest BCUT2D eigenvalue weighted by molar-refractivity contribution is 0.317. The van der Waals surface area contributed by atoms with Gasteiger partial charge in [-0.05, 0) is 18.6 Å². The van der Waals surface area contributed by atoms with Gasteiger partial charge < -0.3 is 10.1 Å². The van der Waals surface area contributed by atoms with E-state index in [1.54, 1.807) is 6.20 Å². The third-order valence-corrected chi connectivity index (χ3v) is 3.04. The molecule has 5 nitrogen and oxygen atoms in total. The van der Waals surface area contributed by atoms with Crippen LogP contribution in [0.1, 0.15) is 24.5 Å². The minimum atomic E-state index is 0.584. The van der Waals surface area contributed by atoms with Crippen LogP contribution in [-0.2, 0) is 6.54 Å². The van der Waals surface area contributed by atoms with Crippen molar-refractivity contribution in [3.05, 3.63) is 47.9 Å². The van der Waals surface area contributed by atoms with E-state index >= 15 is 0 Å². The first-order valence-corrected chi connectivity index (χ1v) is 6.71. The van der Waals surface area contributed by atoms with Crippen LogP contribution >= 0.6 is 0 Å². The first-order valence-electron chi connectivity index (χ1n) is 6.71. The summed E-state index contributed by atoms with van der Waals surface area (Å²) in [5, 5.41) is 3.25. The van der Waals surface area contributed by atoms with Crippen molar-refractivity contribution in [2.45, 2.75) is 19.9 Å². The zero-order valence-electron chi connectivity index (χ0n) is 11.3. The number of hydrogen-bond acceptors (Lipinski definition) is 5.